The first-order valence-corrected chi connectivity index (χ1v) is 6.50. The molecule has 0 saturated heterocycles. The molecule has 0 radical (unpaired) electrons. The molecular formula is C16H15FN2O. The number of carbonyl (C=O) groups excluding carboxylic acids is 1. The molecular weight excluding hydrogens is 255 g/mol. The summed E-state index contributed by atoms with van der Waals surface area (Å²) in [6, 6.07) is 14.1. The van der Waals surface area contributed by atoms with Crippen molar-refractivity contribution in [3.63, 3.8) is 0 Å². The number of halogens is 1. The third kappa shape index (κ3) is 2.03. The van der Waals surface area contributed by atoms with Gasteiger partial charge in [0.2, 0.25) is 5.91 Å². The van der Waals surface area contributed by atoms with E-state index < -0.39 is 11.4 Å². The van der Waals surface area contributed by atoms with Crippen molar-refractivity contribution in [1.29, 1.82) is 0 Å². The van der Waals surface area contributed by atoms with Crippen LogP contribution in [0.1, 0.15) is 11.1 Å². The number of carbonyl (C=O) groups is 1. The molecule has 0 fully saturated rings. The quantitative estimate of drug-likeness (QED) is 0.899. The van der Waals surface area contributed by atoms with Crippen LogP contribution in [-0.4, -0.2) is 11.4 Å². The van der Waals surface area contributed by atoms with Crippen LogP contribution < -0.4 is 11.1 Å². The van der Waals surface area contributed by atoms with Crippen LogP contribution in [0.25, 0.3) is 0 Å². The monoisotopic (exact) mass is 270 g/mol. The zero-order valence-corrected chi connectivity index (χ0v) is 10.9. The summed E-state index contributed by atoms with van der Waals surface area (Å²) in [5.41, 5.74) is 7.10. The highest BCUT2D eigenvalue weighted by molar-refractivity contribution is 5.90. The molecule has 2 aromatic rings. The Kier molecular flexibility index (Phi) is 2.93. The molecule has 0 atom stereocenters. The van der Waals surface area contributed by atoms with Crippen molar-refractivity contribution in [1.82, 2.24) is 0 Å². The minimum atomic E-state index is -0.952. The van der Waals surface area contributed by atoms with Gasteiger partial charge in [0.05, 0.1) is 5.69 Å². The molecule has 0 saturated carbocycles. The Morgan fingerprint density at radius 2 is 1.60 bits per heavy atom. The largest absolute Gasteiger partial charge is 0.368 e. The third-order valence-electron chi connectivity index (χ3n) is 3.82. The summed E-state index contributed by atoms with van der Waals surface area (Å²) in [4.78, 5) is 11.9. The number of nitrogens with one attached hydrogen (secondary N) is 1. The molecule has 0 heterocycles. The van der Waals surface area contributed by atoms with E-state index in [9.17, 15) is 9.18 Å². The molecule has 3 rings (SSSR count). The predicted molar refractivity (Wildman–Crippen MR) is 75.8 cm³/mol. The number of hydrogen-bond donors (Lipinski definition) is 2. The lowest BCUT2D eigenvalue weighted by Crippen LogP contribution is -2.51. The maximum Gasteiger partial charge on any atom is 0.243 e. The number of anilines is 1. The summed E-state index contributed by atoms with van der Waals surface area (Å²) < 4.78 is 13.8. The van der Waals surface area contributed by atoms with E-state index in [1.54, 1.807) is 18.2 Å². The molecule has 1 aliphatic carbocycles. The number of fused-ring (bicyclic) bond motifs is 1. The second kappa shape index (κ2) is 4.63. The zero-order chi connectivity index (χ0) is 14.2. The Labute approximate surface area is 116 Å². The van der Waals surface area contributed by atoms with Crippen LogP contribution in [0.3, 0.4) is 0 Å². The van der Waals surface area contributed by atoms with Crippen LogP contribution in [0.4, 0.5) is 10.1 Å². The highest BCUT2D eigenvalue weighted by Crippen LogP contribution is 2.33. The van der Waals surface area contributed by atoms with E-state index in [0.717, 1.165) is 11.1 Å². The SMILES string of the molecule is NC(=O)C1(Nc2ccccc2F)Cc2ccccc2C1. The molecule has 102 valence electrons. The normalized spacial score (nSPS) is 15.7. The van der Waals surface area contributed by atoms with E-state index in [-0.39, 0.29) is 5.82 Å². The maximum atomic E-state index is 13.8. The van der Waals surface area contributed by atoms with Crippen molar-refractivity contribution in [2.75, 3.05) is 5.32 Å². The lowest BCUT2D eigenvalue weighted by atomic mass is 9.94. The highest BCUT2D eigenvalue weighted by atomic mass is 19.1. The molecule has 0 aromatic heterocycles. The van der Waals surface area contributed by atoms with Gasteiger partial charge in [-0.1, -0.05) is 36.4 Å². The molecule has 3 nitrogen and oxygen atoms in total. The fourth-order valence-corrected chi connectivity index (χ4v) is 2.76. The van der Waals surface area contributed by atoms with Gasteiger partial charge in [-0.25, -0.2) is 4.39 Å². The second-order valence-electron chi connectivity index (χ2n) is 5.17. The van der Waals surface area contributed by atoms with Gasteiger partial charge < -0.3 is 11.1 Å². The van der Waals surface area contributed by atoms with Crippen molar-refractivity contribution >= 4 is 11.6 Å². The number of benzene rings is 2. The standard InChI is InChI=1S/C16H15FN2O/c17-13-7-3-4-8-14(13)19-16(15(18)20)9-11-5-1-2-6-12(11)10-16/h1-8,19H,9-10H2,(H2,18,20). The van der Waals surface area contributed by atoms with Crippen molar-refractivity contribution in [3.05, 3.63) is 65.5 Å². The first kappa shape index (κ1) is 12.7. The molecule has 0 spiro atoms. The van der Waals surface area contributed by atoms with Gasteiger partial charge in [-0.15, -0.1) is 0 Å². The summed E-state index contributed by atoms with van der Waals surface area (Å²) in [5, 5.41) is 3.02. The van der Waals surface area contributed by atoms with E-state index in [1.807, 2.05) is 24.3 Å². The molecule has 20 heavy (non-hydrogen) atoms. The fourth-order valence-electron chi connectivity index (χ4n) is 2.76. The number of hydrogen-bond acceptors (Lipinski definition) is 2. The Morgan fingerprint density at radius 1 is 1.05 bits per heavy atom. The predicted octanol–water partition coefficient (Wildman–Crippen LogP) is 2.26. The molecule has 2 aromatic carbocycles. The lowest BCUT2D eigenvalue weighted by Gasteiger charge is -2.28. The average molecular weight is 270 g/mol. The van der Waals surface area contributed by atoms with Gasteiger partial charge in [-0.3, -0.25) is 4.79 Å². The van der Waals surface area contributed by atoms with Crippen LogP contribution in [-0.2, 0) is 17.6 Å². The molecule has 0 bridgehead atoms. The number of para-hydroxylation sites is 1. The highest BCUT2D eigenvalue weighted by Gasteiger charge is 2.42. The Balaban J connectivity index is 1.96. The van der Waals surface area contributed by atoms with E-state index in [4.69, 9.17) is 5.73 Å². The van der Waals surface area contributed by atoms with Crippen molar-refractivity contribution < 1.29 is 9.18 Å². The first-order valence-electron chi connectivity index (χ1n) is 6.50. The van der Waals surface area contributed by atoms with Crippen LogP contribution >= 0.6 is 0 Å². The summed E-state index contributed by atoms with van der Waals surface area (Å²) in [5.74, 6) is -0.846. The summed E-state index contributed by atoms with van der Waals surface area (Å²) in [6.07, 6.45) is 0.958. The number of nitrogens with two attached hydrogens (primary N) is 1. The zero-order valence-electron chi connectivity index (χ0n) is 10.9. The van der Waals surface area contributed by atoms with Crippen molar-refractivity contribution in [3.8, 4) is 0 Å². The number of amides is 1. The molecule has 1 aliphatic rings. The third-order valence-corrected chi connectivity index (χ3v) is 3.82. The number of primary amides is 1. The topological polar surface area (TPSA) is 55.1 Å². The maximum absolute atomic E-state index is 13.8. The second-order valence-corrected chi connectivity index (χ2v) is 5.17. The Bertz CT molecular complexity index is 644. The molecule has 0 unspecified atom stereocenters. The molecule has 0 aliphatic heterocycles. The lowest BCUT2D eigenvalue weighted by molar-refractivity contribution is -0.122. The van der Waals surface area contributed by atoms with Gasteiger partial charge in [0.1, 0.15) is 11.4 Å². The van der Waals surface area contributed by atoms with E-state index in [1.165, 1.54) is 6.07 Å². The van der Waals surface area contributed by atoms with E-state index in [2.05, 4.69) is 5.32 Å². The number of rotatable bonds is 3. The smallest absolute Gasteiger partial charge is 0.243 e. The minimum absolute atomic E-state index is 0.305. The van der Waals surface area contributed by atoms with E-state index >= 15 is 0 Å². The average Bonchev–Trinajstić information content (AvgIpc) is 2.81. The van der Waals surface area contributed by atoms with Crippen molar-refractivity contribution in [2.24, 2.45) is 5.73 Å². The van der Waals surface area contributed by atoms with Gasteiger partial charge in [0.15, 0.2) is 0 Å². The Morgan fingerprint density at radius 3 is 2.15 bits per heavy atom. The molecule has 1 amide bonds. The van der Waals surface area contributed by atoms with Crippen molar-refractivity contribution in [2.45, 2.75) is 18.4 Å². The summed E-state index contributed by atoms with van der Waals surface area (Å²) in [6.45, 7) is 0. The Hall–Kier alpha value is -2.36. The molecule has 3 N–H and O–H groups in total. The van der Waals surface area contributed by atoms with Crippen LogP contribution in [0.5, 0.6) is 0 Å². The summed E-state index contributed by atoms with van der Waals surface area (Å²) >= 11 is 0. The van der Waals surface area contributed by atoms with Crippen LogP contribution in [0.2, 0.25) is 0 Å². The van der Waals surface area contributed by atoms with E-state index in [0.29, 0.717) is 18.5 Å². The van der Waals surface area contributed by atoms with Crippen LogP contribution in [0, 0.1) is 5.82 Å². The minimum Gasteiger partial charge on any atom is -0.368 e. The van der Waals surface area contributed by atoms with Gasteiger partial charge in [-0.2, -0.15) is 0 Å². The fraction of sp³-hybridized carbons (Fsp3) is 0.188. The summed E-state index contributed by atoms with van der Waals surface area (Å²) in [7, 11) is 0. The van der Waals surface area contributed by atoms with Gasteiger partial charge in [0, 0.05) is 12.8 Å². The van der Waals surface area contributed by atoms with Gasteiger partial charge >= 0.3 is 0 Å². The van der Waals surface area contributed by atoms with Crippen LogP contribution in [0.15, 0.2) is 48.5 Å². The molecule has 4 heteroatoms. The van der Waals surface area contributed by atoms with Gasteiger partial charge in [0.25, 0.3) is 0 Å². The van der Waals surface area contributed by atoms with Gasteiger partial charge in [-0.05, 0) is 23.3 Å². The first-order chi connectivity index (χ1) is 9.61.